The molecule has 2 unspecified atom stereocenters. The van der Waals surface area contributed by atoms with Crippen LogP contribution in [0.4, 0.5) is 22.7 Å². The Morgan fingerprint density at radius 3 is 2.42 bits per heavy atom. The number of nitriles is 1. The topological polar surface area (TPSA) is 104 Å². The molecule has 0 fully saturated rings. The van der Waals surface area contributed by atoms with Gasteiger partial charge in [0.15, 0.2) is 0 Å². The minimum absolute atomic E-state index is 0.0193. The van der Waals surface area contributed by atoms with E-state index in [4.69, 9.17) is 16.9 Å². The lowest BCUT2D eigenvalue weighted by atomic mass is 10.1. The summed E-state index contributed by atoms with van der Waals surface area (Å²) >= 11 is 6.01. The SMILES string of the molecule is Cc1cc(NC(C)C(C)C#N)ccc1N=Nc1ccc([N+](=O)[O-])cc1Cl. The Balaban J connectivity index is 2.16. The molecule has 0 amide bonds. The third-order valence-electron chi connectivity index (χ3n) is 3.95. The fraction of sp³-hybridized carbons (Fsp3) is 0.278. The first-order valence-corrected chi connectivity index (χ1v) is 8.32. The molecule has 2 rings (SSSR count). The predicted molar refractivity (Wildman–Crippen MR) is 101 cm³/mol. The number of non-ortho nitro benzene ring substituents is 1. The quantitative estimate of drug-likeness (QED) is 0.385. The number of hydrogen-bond donors (Lipinski definition) is 1. The van der Waals surface area contributed by atoms with Gasteiger partial charge in [-0.3, -0.25) is 10.1 Å². The van der Waals surface area contributed by atoms with Gasteiger partial charge in [-0.25, -0.2) is 0 Å². The predicted octanol–water partition coefficient (Wildman–Crippen LogP) is 5.93. The van der Waals surface area contributed by atoms with E-state index in [0.717, 1.165) is 11.3 Å². The molecule has 26 heavy (non-hydrogen) atoms. The minimum Gasteiger partial charge on any atom is -0.381 e. The van der Waals surface area contributed by atoms with Crippen LogP contribution in [0, 0.1) is 34.3 Å². The lowest BCUT2D eigenvalue weighted by molar-refractivity contribution is -0.384. The average Bonchev–Trinajstić information content (AvgIpc) is 2.61. The number of nitro benzene ring substituents is 1. The second-order valence-corrected chi connectivity index (χ2v) is 6.35. The lowest BCUT2D eigenvalue weighted by Gasteiger charge is -2.17. The molecule has 134 valence electrons. The smallest absolute Gasteiger partial charge is 0.271 e. The van der Waals surface area contributed by atoms with Crippen molar-refractivity contribution in [2.24, 2.45) is 16.1 Å². The van der Waals surface area contributed by atoms with Crippen LogP contribution in [0.3, 0.4) is 0 Å². The number of nitrogens with one attached hydrogen (secondary N) is 1. The minimum atomic E-state index is -0.517. The average molecular weight is 372 g/mol. The van der Waals surface area contributed by atoms with Crippen molar-refractivity contribution >= 4 is 34.4 Å². The molecule has 0 heterocycles. The molecule has 0 aliphatic heterocycles. The van der Waals surface area contributed by atoms with E-state index in [9.17, 15) is 10.1 Å². The molecule has 0 aromatic heterocycles. The van der Waals surface area contributed by atoms with Crippen LogP contribution in [0.25, 0.3) is 0 Å². The number of aryl methyl sites for hydroxylation is 1. The number of halogens is 1. The van der Waals surface area contributed by atoms with Crippen molar-refractivity contribution < 1.29 is 4.92 Å². The molecule has 0 saturated heterocycles. The van der Waals surface area contributed by atoms with E-state index < -0.39 is 4.92 Å². The summed E-state index contributed by atoms with van der Waals surface area (Å²) in [6, 6.07) is 11.9. The summed E-state index contributed by atoms with van der Waals surface area (Å²) < 4.78 is 0. The van der Waals surface area contributed by atoms with Crippen LogP contribution in [0.15, 0.2) is 46.6 Å². The second-order valence-electron chi connectivity index (χ2n) is 5.94. The Morgan fingerprint density at radius 2 is 1.85 bits per heavy atom. The molecule has 0 aliphatic rings. The zero-order chi connectivity index (χ0) is 19.3. The summed E-state index contributed by atoms with van der Waals surface area (Å²) in [5, 5.41) is 31.4. The van der Waals surface area contributed by atoms with E-state index in [-0.39, 0.29) is 22.7 Å². The fourth-order valence-electron chi connectivity index (χ4n) is 2.16. The molecular formula is C18H18ClN5O2. The van der Waals surface area contributed by atoms with Gasteiger partial charge in [0, 0.05) is 23.9 Å². The molecule has 7 nitrogen and oxygen atoms in total. The van der Waals surface area contributed by atoms with Crippen molar-refractivity contribution in [1.29, 1.82) is 5.26 Å². The highest BCUT2D eigenvalue weighted by Crippen LogP contribution is 2.31. The van der Waals surface area contributed by atoms with Crippen molar-refractivity contribution in [3.8, 4) is 6.07 Å². The van der Waals surface area contributed by atoms with E-state index in [1.54, 1.807) is 0 Å². The number of benzene rings is 2. The van der Waals surface area contributed by atoms with Gasteiger partial charge in [0.1, 0.15) is 5.69 Å². The van der Waals surface area contributed by atoms with E-state index in [0.29, 0.717) is 11.4 Å². The van der Waals surface area contributed by atoms with Gasteiger partial charge in [-0.1, -0.05) is 11.6 Å². The summed E-state index contributed by atoms with van der Waals surface area (Å²) in [7, 11) is 0. The van der Waals surface area contributed by atoms with Gasteiger partial charge in [-0.05, 0) is 50.6 Å². The van der Waals surface area contributed by atoms with Gasteiger partial charge in [0.2, 0.25) is 0 Å². The van der Waals surface area contributed by atoms with Gasteiger partial charge in [0.25, 0.3) is 5.69 Å². The molecule has 0 bridgehead atoms. The molecule has 0 aliphatic carbocycles. The second kappa shape index (κ2) is 8.41. The monoisotopic (exact) mass is 371 g/mol. The Labute approximate surface area is 156 Å². The highest BCUT2D eigenvalue weighted by atomic mass is 35.5. The van der Waals surface area contributed by atoms with Crippen LogP contribution < -0.4 is 5.32 Å². The van der Waals surface area contributed by atoms with E-state index in [2.05, 4.69) is 21.6 Å². The fourth-order valence-corrected chi connectivity index (χ4v) is 2.37. The highest BCUT2D eigenvalue weighted by Gasteiger charge is 2.12. The van der Waals surface area contributed by atoms with Gasteiger partial charge < -0.3 is 5.32 Å². The first kappa shape index (κ1) is 19.3. The summed E-state index contributed by atoms with van der Waals surface area (Å²) in [4.78, 5) is 10.2. The number of hydrogen-bond acceptors (Lipinski definition) is 6. The van der Waals surface area contributed by atoms with Crippen LogP contribution in [-0.4, -0.2) is 11.0 Å². The maximum atomic E-state index is 10.7. The van der Waals surface area contributed by atoms with Crippen LogP contribution in [0.1, 0.15) is 19.4 Å². The Morgan fingerprint density at radius 1 is 1.19 bits per heavy atom. The zero-order valence-corrected chi connectivity index (χ0v) is 15.4. The number of rotatable bonds is 6. The van der Waals surface area contributed by atoms with Gasteiger partial charge in [0.05, 0.1) is 27.6 Å². The van der Waals surface area contributed by atoms with Gasteiger partial charge in [-0.15, -0.1) is 5.11 Å². The van der Waals surface area contributed by atoms with Crippen molar-refractivity contribution in [2.75, 3.05) is 5.32 Å². The third kappa shape index (κ3) is 4.77. The van der Waals surface area contributed by atoms with E-state index in [1.165, 1.54) is 18.2 Å². The number of anilines is 1. The molecule has 0 saturated carbocycles. The summed E-state index contributed by atoms with van der Waals surface area (Å²) in [6.07, 6.45) is 0. The molecule has 0 spiro atoms. The molecule has 2 aromatic rings. The Kier molecular flexibility index (Phi) is 6.26. The number of nitrogens with zero attached hydrogens (tertiary/aromatic N) is 4. The molecule has 0 radical (unpaired) electrons. The lowest BCUT2D eigenvalue weighted by Crippen LogP contribution is -2.22. The van der Waals surface area contributed by atoms with Crippen LogP contribution in [-0.2, 0) is 0 Å². The van der Waals surface area contributed by atoms with Crippen molar-refractivity contribution in [3.05, 3.63) is 57.1 Å². The summed E-state index contributed by atoms with van der Waals surface area (Å²) in [5.41, 5.74) is 2.71. The molecule has 1 N–H and O–H groups in total. The van der Waals surface area contributed by atoms with Crippen molar-refractivity contribution in [3.63, 3.8) is 0 Å². The zero-order valence-electron chi connectivity index (χ0n) is 14.6. The van der Waals surface area contributed by atoms with Crippen molar-refractivity contribution in [2.45, 2.75) is 26.8 Å². The molecular weight excluding hydrogens is 354 g/mol. The first-order valence-electron chi connectivity index (χ1n) is 7.94. The third-order valence-corrected chi connectivity index (χ3v) is 4.26. The van der Waals surface area contributed by atoms with Gasteiger partial charge >= 0.3 is 0 Å². The highest BCUT2D eigenvalue weighted by molar-refractivity contribution is 6.33. The van der Waals surface area contributed by atoms with Crippen LogP contribution in [0.5, 0.6) is 0 Å². The Bertz CT molecular complexity index is 892. The van der Waals surface area contributed by atoms with Crippen LogP contribution >= 0.6 is 11.6 Å². The van der Waals surface area contributed by atoms with Crippen molar-refractivity contribution in [1.82, 2.24) is 0 Å². The first-order chi connectivity index (χ1) is 12.3. The number of azo groups is 1. The maximum Gasteiger partial charge on any atom is 0.271 e. The molecule has 8 heteroatoms. The maximum absolute atomic E-state index is 10.7. The normalized spacial score (nSPS) is 13.2. The summed E-state index contributed by atoms with van der Waals surface area (Å²) in [6.45, 7) is 5.71. The Hall–Kier alpha value is -2.98. The largest absolute Gasteiger partial charge is 0.381 e. The standard InChI is InChI=1S/C18H18ClN5O2/c1-11-8-14(21-13(3)12(2)10-20)4-6-17(11)22-23-18-7-5-15(24(25)26)9-16(18)19/h4-9,12-13,21H,1-3H3. The molecule has 2 aromatic carbocycles. The van der Waals surface area contributed by atoms with E-state index >= 15 is 0 Å². The van der Waals surface area contributed by atoms with E-state index in [1.807, 2.05) is 39.0 Å². The summed E-state index contributed by atoms with van der Waals surface area (Å²) in [5.74, 6) is -0.112. The van der Waals surface area contributed by atoms with Gasteiger partial charge in [-0.2, -0.15) is 10.4 Å². The molecule has 2 atom stereocenters. The van der Waals surface area contributed by atoms with Crippen LogP contribution in [0.2, 0.25) is 5.02 Å². The number of nitro groups is 1.